The number of benzene rings is 1. The van der Waals surface area contributed by atoms with Crippen molar-refractivity contribution in [2.45, 2.75) is 25.8 Å². The first-order valence-corrected chi connectivity index (χ1v) is 9.12. The van der Waals surface area contributed by atoms with Crippen LogP contribution in [0.3, 0.4) is 0 Å². The summed E-state index contributed by atoms with van der Waals surface area (Å²) in [5.41, 5.74) is 0.635. The summed E-state index contributed by atoms with van der Waals surface area (Å²) >= 11 is 0. The van der Waals surface area contributed by atoms with Gasteiger partial charge >= 0.3 is 6.09 Å². The fraction of sp³-hybridized carbons (Fsp3) is 0.368. The highest BCUT2D eigenvalue weighted by atomic mass is 19.1. The average Bonchev–Trinajstić information content (AvgIpc) is 2.71. The van der Waals surface area contributed by atoms with Gasteiger partial charge in [-0.3, -0.25) is 4.79 Å². The highest BCUT2D eigenvalue weighted by molar-refractivity contribution is 6.02. The van der Waals surface area contributed by atoms with Crippen molar-refractivity contribution in [3.05, 3.63) is 48.2 Å². The summed E-state index contributed by atoms with van der Waals surface area (Å²) in [4.78, 5) is 33.9. The number of carbonyl (C=O) groups excluding carboxylic acids is 2. The molecule has 1 aliphatic rings. The van der Waals surface area contributed by atoms with Crippen molar-refractivity contribution >= 4 is 23.5 Å². The van der Waals surface area contributed by atoms with Crippen LogP contribution in [0.25, 0.3) is 0 Å². The van der Waals surface area contributed by atoms with Gasteiger partial charge in [0.25, 0.3) is 5.91 Å². The summed E-state index contributed by atoms with van der Waals surface area (Å²) < 4.78 is 17.9. The number of amides is 2. The van der Waals surface area contributed by atoms with Crippen LogP contribution in [0.2, 0.25) is 0 Å². The van der Waals surface area contributed by atoms with Crippen LogP contribution < -0.4 is 10.6 Å². The van der Waals surface area contributed by atoms with Crippen molar-refractivity contribution < 1.29 is 18.7 Å². The molecule has 8 nitrogen and oxygen atoms in total. The van der Waals surface area contributed by atoms with Crippen molar-refractivity contribution in [2.24, 2.45) is 0 Å². The molecular weight excluding hydrogens is 365 g/mol. The molecule has 0 atom stereocenters. The van der Waals surface area contributed by atoms with Crippen LogP contribution in [0.1, 0.15) is 30.3 Å². The SMILES string of the molecule is CCOC(=O)N1CCC(Nc2cnc(C(=O)Nc3ccc(F)cc3)cn2)CC1. The molecule has 148 valence electrons. The number of nitrogens with zero attached hydrogens (tertiary/aromatic N) is 3. The Balaban J connectivity index is 1.50. The zero-order chi connectivity index (χ0) is 19.9. The maximum atomic E-state index is 12.9. The lowest BCUT2D eigenvalue weighted by atomic mass is 10.1. The number of ether oxygens (including phenoxy) is 1. The van der Waals surface area contributed by atoms with E-state index in [-0.39, 0.29) is 23.6 Å². The molecule has 3 rings (SSSR count). The van der Waals surface area contributed by atoms with Gasteiger partial charge in [0.1, 0.15) is 17.3 Å². The van der Waals surface area contributed by atoms with Crippen LogP contribution in [-0.2, 0) is 4.74 Å². The molecule has 2 N–H and O–H groups in total. The Hall–Kier alpha value is -3.23. The second-order valence-corrected chi connectivity index (χ2v) is 6.35. The van der Waals surface area contributed by atoms with Gasteiger partial charge in [0, 0.05) is 24.8 Å². The van der Waals surface area contributed by atoms with E-state index in [1.165, 1.54) is 36.7 Å². The molecule has 1 fully saturated rings. The van der Waals surface area contributed by atoms with E-state index in [2.05, 4.69) is 20.6 Å². The number of anilines is 2. The number of halogens is 1. The van der Waals surface area contributed by atoms with Crippen LogP contribution in [0, 0.1) is 5.82 Å². The highest BCUT2D eigenvalue weighted by Crippen LogP contribution is 2.16. The summed E-state index contributed by atoms with van der Waals surface area (Å²) in [6.07, 6.45) is 4.14. The van der Waals surface area contributed by atoms with E-state index >= 15 is 0 Å². The van der Waals surface area contributed by atoms with Gasteiger partial charge in [-0.25, -0.2) is 19.2 Å². The second kappa shape index (κ2) is 9.12. The van der Waals surface area contributed by atoms with Gasteiger partial charge in [0.2, 0.25) is 0 Å². The maximum Gasteiger partial charge on any atom is 0.409 e. The molecule has 0 saturated carbocycles. The molecule has 1 saturated heterocycles. The van der Waals surface area contributed by atoms with Crippen LogP contribution in [0.4, 0.5) is 20.7 Å². The van der Waals surface area contributed by atoms with Crippen molar-refractivity contribution in [3.8, 4) is 0 Å². The third-order valence-corrected chi connectivity index (χ3v) is 4.36. The molecule has 0 spiro atoms. The Morgan fingerprint density at radius 1 is 1.18 bits per heavy atom. The number of likely N-dealkylation sites (tertiary alicyclic amines) is 1. The third kappa shape index (κ3) is 5.15. The number of piperidine rings is 1. The van der Waals surface area contributed by atoms with Crippen molar-refractivity contribution in [1.29, 1.82) is 0 Å². The predicted octanol–water partition coefficient (Wildman–Crippen LogP) is 2.90. The van der Waals surface area contributed by atoms with Crippen molar-refractivity contribution in [2.75, 3.05) is 30.3 Å². The van der Waals surface area contributed by atoms with E-state index in [1.54, 1.807) is 11.8 Å². The standard InChI is InChI=1S/C19H22FN5O3/c1-2-28-19(27)25-9-7-15(8-10-25)23-17-12-21-16(11-22-17)18(26)24-14-5-3-13(20)4-6-14/h3-6,11-12,15H,2,7-10H2,1H3,(H,22,23)(H,24,26). The number of carbonyl (C=O) groups is 2. The Kier molecular flexibility index (Phi) is 6.36. The van der Waals surface area contributed by atoms with E-state index in [0.29, 0.717) is 31.2 Å². The van der Waals surface area contributed by atoms with E-state index in [4.69, 9.17) is 4.74 Å². The molecule has 2 amide bonds. The smallest absolute Gasteiger partial charge is 0.409 e. The monoisotopic (exact) mass is 387 g/mol. The van der Waals surface area contributed by atoms with Crippen LogP contribution in [-0.4, -0.2) is 52.6 Å². The minimum Gasteiger partial charge on any atom is -0.450 e. The largest absolute Gasteiger partial charge is 0.450 e. The fourth-order valence-corrected chi connectivity index (χ4v) is 2.88. The molecule has 0 radical (unpaired) electrons. The molecule has 28 heavy (non-hydrogen) atoms. The summed E-state index contributed by atoms with van der Waals surface area (Å²) in [6.45, 7) is 3.38. The van der Waals surface area contributed by atoms with E-state index in [9.17, 15) is 14.0 Å². The molecule has 1 aromatic carbocycles. The molecule has 2 aromatic rings. The molecular formula is C19H22FN5O3. The van der Waals surface area contributed by atoms with Gasteiger partial charge in [0.15, 0.2) is 0 Å². The maximum absolute atomic E-state index is 12.9. The molecule has 0 aliphatic carbocycles. The van der Waals surface area contributed by atoms with E-state index in [0.717, 1.165) is 12.8 Å². The van der Waals surface area contributed by atoms with Crippen LogP contribution in [0.5, 0.6) is 0 Å². The van der Waals surface area contributed by atoms with Crippen LogP contribution >= 0.6 is 0 Å². The molecule has 0 bridgehead atoms. The number of rotatable bonds is 5. The molecule has 0 unspecified atom stereocenters. The Labute approximate surface area is 162 Å². The van der Waals surface area contributed by atoms with Crippen LogP contribution in [0.15, 0.2) is 36.7 Å². The summed E-state index contributed by atoms with van der Waals surface area (Å²) in [7, 11) is 0. The number of nitrogens with one attached hydrogen (secondary N) is 2. The summed E-state index contributed by atoms with van der Waals surface area (Å²) in [6, 6.07) is 5.64. The van der Waals surface area contributed by atoms with Crippen molar-refractivity contribution in [3.63, 3.8) is 0 Å². The number of hydrogen-bond donors (Lipinski definition) is 2. The first-order valence-electron chi connectivity index (χ1n) is 9.12. The quantitative estimate of drug-likeness (QED) is 0.819. The fourth-order valence-electron chi connectivity index (χ4n) is 2.88. The lowest BCUT2D eigenvalue weighted by Gasteiger charge is -2.31. The Morgan fingerprint density at radius 2 is 1.89 bits per heavy atom. The molecule has 1 aromatic heterocycles. The normalized spacial score (nSPS) is 14.4. The number of aromatic nitrogens is 2. The predicted molar refractivity (Wildman–Crippen MR) is 102 cm³/mol. The van der Waals surface area contributed by atoms with Gasteiger partial charge in [-0.1, -0.05) is 0 Å². The minimum absolute atomic E-state index is 0.159. The topological polar surface area (TPSA) is 96.5 Å². The molecule has 1 aliphatic heterocycles. The summed E-state index contributed by atoms with van der Waals surface area (Å²) in [5, 5.41) is 5.90. The first kappa shape index (κ1) is 19.5. The molecule has 9 heteroatoms. The second-order valence-electron chi connectivity index (χ2n) is 6.35. The average molecular weight is 387 g/mol. The van der Waals surface area contributed by atoms with Gasteiger partial charge in [-0.2, -0.15) is 0 Å². The summed E-state index contributed by atoms with van der Waals surface area (Å²) in [5.74, 6) is -0.234. The molecule has 2 heterocycles. The van der Waals surface area contributed by atoms with Gasteiger partial charge in [-0.15, -0.1) is 0 Å². The number of hydrogen-bond acceptors (Lipinski definition) is 6. The van der Waals surface area contributed by atoms with Gasteiger partial charge in [-0.05, 0) is 44.0 Å². The zero-order valence-electron chi connectivity index (χ0n) is 15.5. The first-order chi connectivity index (χ1) is 13.5. The minimum atomic E-state index is -0.423. The lowest BCUT2D eigenvalue weighted by molar-refractivity contribution is 0.0982. The Bertz CT molecular complexity index is 805. The third-order valence-electron chi connectivity index (χ3n) is 4.36. The lowest BCUT2D eigenvalue weighted by Crippen LogP contribution is -2.42. The highest BCUT2D eigenvalue weighted by Gasteiger charge is 2.23. The zero-order valence-corrected chi connectivity index (χ0v) is 15.5. The van der Waals surface area contributed by atoms with Gasteiger partial charge in [0.05, 0.1) is 19.0 Å². The van der Waals surface area contributed by atoms with Gasteiger partial charge < -0.3 is 20.3 Å². The van der Waals surface area contributed by atoms with E-state index in [1.807, 2.05) is 0 Å². The van der Waals surface area contributed by atoms with Crippen molar-refractivity contribution in [1.82, 2.24) is 14.9 Å². The van der Waals surface area contributed by atoms with E-state index < -0.39 is 5.91 Å². The Morgan fingerprint density at radius 3 is 2.50 bits per heavy atom.